The van der Waals surface area contributed by atoms with Gasteiger partial charge in [-0.3, -0.25) is 4.79 Å². The number of hydrogen-bond donors (Lipinski definition) is 2. The summed E-state index contributed by atoms with van der Waals surface area (Å²) in [4.78, 5) is 10.8. The van der Waals surface area contributed by atoms with Gasteiger partial charge in [0, 0.05) is 7.11 Å². The summed E-state index contributed by atoms with van der Waals surface area (Å²) in [5.74, 6) is -0.738. The van der Waals surface area contributed by atoms with Crippen molar-refractivity contribution >= 4 is 5.97 Å². The Labute approximate surface area is 84.4 Å². The van der Waals surface area contributed by atoms with Gasteiger partial charge in [-0.25, -0.2) is 0 Å². The van der Waals surface area contributed by atoms with Crippen LogP contribution in [-0.4, -0.2) is 30.8 Å². The molecule has 0 aromatic carbocycles. The Hall–Kier alpha value is -0.610. The first kappa shape index (κ1) is 11.5. The minimum Gasteiger partial charge on any atom is -0.481 e. The smallest absolute Gasteiger partial charge is 0.304 e. The highest BCUT2D eigenvalue weighted by Gasteiger charge is 2.43. The second kappa shape index (κ2) is 4.75. The number of carbonyl (C=O) groups is 1. The lowest BCUT2D eigenvalue weighted by molar-refractivity contribution is -0.402. The topological polar surface area (TPSA) is 74.2 Å². The number of ether oxygens (including phenoxy) is 1. The van der Waals surface area contributed by atoms with E-state index in [0.717, 1.165) is 25.7 Å². The van der Waals surface area contributed by atoms with Gasteiger partial charge in [0.2, 0.25) is 0 Å². The lowest BCUT2D eigenvalue weighted by Gasteiger charge is -2.39. The Kier molecular flexibility index (Phi) is 3.89. The molecule has 0 radical (unpaired) electrons. The molecule has 0 bridgehead atoms. The molecule has 1 saturated carbocycles. The van der Waals surface area contributed by atoms with Crippen LogP contribution < -0.4 is 5.73 Å². The molecule has 0 saturated heterocycles. The number of hydrogen-bond acceptors (Lipinski definition) is 2. The Morgan fingerprint density at radius 1 is 1.64 bits per heavy atom. The highest BCUT2D eigenvalue weighted by atomic mass is 16.5. The van der Waals surface area contributed by atoms with Crippen molar-refractivity contribution in [3.8, 4) is 0 Å². The average Bonchev–Trinajstić information content (AvgIpc) is 2.17. The van der Waals surface area contributed by atoms with Gasteiger partial charge in [0.05, 0.1) is 24.5 Å². The number of aliphatic carboxylic acids is 1. The molecule has 4 N–H and O–H groups in total. The predicted octanol–water partition coefficient (Wildman–Crippen LogP) is 0.278. The minimum absolute atomic E-state index is 0.0739. The summed E-state index contributed by atoms with van der Waals surface area (Å²) >= 11 is 0. The van der Waals surface area contributed by atoms with E-state index in [2.05, 4.69) is 5.73 Å². The van der Waals surface area contributed by atoms with E-state index in [9.17, 15) is 4.79 Å². The molecule has 82 valence electrons. The predicted molar refractivity (Wildman–Crippen MR) is 51.7 cm³/mol. The van der Waals surface area contributed by atoms with Crippen molar-refractivity contribution in [3.05, 3.63) is 0 Å². The lowest BCUT2D eigenvalue weighted by atomic mass is 9.69. The Morgan fingerprint density at radius 3 is 2.86 bits per heavy atom. The average molecular weight is 202 g/mol. The molecule has 0 unspecified atom stereocenters. The van der Waals surface area contributed by atoms with Crippen LogP contribution in [0.15, 0.2) is 0 Å². The molecular weight excluding hydrogens is 182 g/mol. The summed E-state index contributed by atoms with van der Waals surface area (Å²) in [5, 5.41) is 8.89. The zero-order chi connectivity index (χ0) is 10.6. The van der Waals surface area contributed by atoms with E-state index in [1.54, 1.807) is 7.11 Å². The monoisotopic (exact) mass is 202 g/mol. The van der Waals surface area contributed by atoms with E-state index >= 15 is 0 Å². The fourth-order valence-corrected chi connectivity index (χ4v) is 2.52. The molecule has 0 aromatic heterocycles. The summed E-state index contributed by atoms with van der Waals surface area (Å²) in [6.07, 6.45) is 4.41. The summed E-state index contributed by atoms with van der Waals surface area (Å²) < 4.78 is 5.40. The third-order valence-corrected chi connectivity index (χ3v) is 3.36. The van der Waals surface area contributed by atoms with Crippen LogP contribution in [0.25, 0.3) is 0 Å². The highest BCUT2D eigenvalue weighted by Crippen LogP contribution is 2.39. The van der Waals surface area contributed by atoms with Crippen LogP contribution in [0.1, 0.15) is 32.1 Å². The van der Waals surface area contributed by atoms with Gasteiger partial charge in [0.15, 0.2) is 0 Å². The van der Waals surface area contributed by atoms with Crippen molar-refractivity contribution in [1.82, 2.24) is 0 Å². The molecule has 0 heterocycles. The SMILES string of the molecule is CO[C@H]1CCCC[C@@]1(C[NH3+])CC(=O)O. The van der Waals surface area contributed by atoms with Crippen molar-refractivity contribution in [2.24, 2.45) is 5.41 Å². The van der Waals surface area contributed by atoms with Crippen molar-refractivity contribution in [2.45, 2.75) is 38.2 Å². The van der Waals surface area contributed by atoms with E-state index < -0.39 is 5.97 Å². The first-order chi connectivity index (χ1) is 6.64. The molecular formula is C10H20NO3+. The van der Waals surface area contributed by atoms with Crippen LogP contribution in [0.3, 0.4) is 0 Å². The second-order valence-corrected chi connectivity index (χ2v) is 4.15. The van der Waals surface area contributed by atoms with Crippen molar-refractivity contribution in [3.63, 3.8) is 0 Å². The van der Waals surface area contributed by atoms with E-state index in [0.29, 0.717) is 6.54 Å². The van der Waals surface area contributed by atoms with Crippen LogP contribution in [0, 0.1) is 5.41 Å². The molecule has 4 heteroatoms. The molecule has 1 aliphatic rings. The molecule has 1 aliphatic carbocycles. The number of quaternary nitrogens is 1. The Bertz CT molecular complexity index is 208. The van der Waals surface area contributed by atoms with Crippen LogP contribution in [0.5, 0.6) is 0 Å². The van der Waals surface area contributed by atoms with E-state index in [1.165, 1.54) is 0 Å². The second-order valence-electron chi connectivity index (χ2n) is 4.15. The van der Waals surface area contributed by atoms with Crippen molar-refractivity contribution < 1.29 is 20.4 Å². The molecule has 1 rings (SSSR count). The highest BCUT2D eigenvalue weighted by molar-refractivity contribution is 5.67. The van der Waals surface area contributed by atoms with Crippen molar-refractivity contribution in [2.75, 3.05) is 13.7 Å². The van der Waals surface area contributed by atoms with E-state index in [1.807, 2.05) is 0 Å². The first-order valence-electron chi connectivity index (χ1n) is 5.18. The quantitative estimate of drug-likeness (QED) is 0.687. The summed E-state index contributed by atoms with van der Waals surface area (Å²) in [7, 11) is 1.67. The Balaban J connectivity index is 2.75. The largest absolute Gasteiger partial charge is 0.481 e. The van der Waals surface area contributed by atoms with Crippen LogP contribution in [-0.2, 0) is 9.53 Å². The van der Waals surface area contributed by atoms with Gasteiger partial charge in [0.25, 0.3) is 0 Å². The summed E-state index contributed by atoms with van der Waals surface area (Å²) in [5.41, 5.74) is 3.67. The van der Waals surface area contributed by atoms with Gasteiger partial charge in [-0.1, -0.05) is 12.8 Å². The van der Waals surface area contributed by atoms with Gasteiger partial charge < -0.3 is 15.6 Å². The number of carboxylic acids is 1. The number of rotatable bonds is 4. The van der Waals surface area contributed by atoms with Crippen LogP contribution in [0.4, 0.5) is 0 Å². The minimum atomic E-state index is -0.738. The molecule has 0 aliphatic heterocycles. The van der Waals surface area contributed by atoms with Gasteiger partial charge in [-0.2, -0.15) is 0 Å². The van der Waals surface area contributed by atoms with Crippen molar-refractivity contribution in [1.29, 1.82) is 0 Å². The maximum Gasteiger partial charge on any atom is 0.304 e. The molecule has 0 aromatic rings. The van der Waals surface area contributed by atoms with Gasteiger partial charge in [-0.15, -0.1) is 0 Å². The van der Waals surface area contributed by atoms with Gasteiger partial charge in [0.1, 0.15) is 0 Å². The lowest BCUT2D eigenvalue weighted by Crippen LogP contribution is -2.63. The summed E-state index contributed by atoms with van der Waals surface area (Å²) in [6.45, 7) is 0.651. The molecule has 2 atom stereocenters. The fourth-order valence-electron chi connectivity index (χ4n) is 2.52. The summed E-state index contributed by atoms with van der Waals surface area (Å²) in [6, 6.07) is 0. The van der Waals surface area contributed by atoms with E-state index in [-0.39, 0.29) is 17.9 Å². The molecule has 0 amide bonds. The molecule has 4 nitrogen and oxygen atoms in total. The molecule has 14 heavy (non-hydrogen) atoms. The third-order valence-electron chi connectivity index (χ3n) is 3.36. The maximum absolute atomic E-state index is 10.8. The third kappa shape index (κ3) is 2.25. The number of methoxy groups -OCH3 is 1. The number of carboxylic acid groups (broad SMARTS) is 1. The fraction of sp³-hybridized carbons (Fsp3) is 0.900. The van der Waals surface area contributed by atoms with Gasteiger partial charge >= 0.3 is 5.97 Å². The maximum atomic E-state index is 10.8. The standard InChI is InChI=1S/C10H19NO3/c1-14-8-4-2-3-5-10(8,7-11)6-9(12)13/h8H,2-7,11H2,1H3,(H,12,13)/p+1/t8-,10-/m0/s1. The normalized spacial score (nSPS) is 32.9. The van der Waals surface area contributed by atoms with Crippen LogP contribution >= 0.6 is 0 Å². The van der Waals surface area contributed by atoms with E-state index in [4.69, 9.17) is 9.84 Å². The molecule has 0 spiro atoms. The Morgan fingerprint density at radius 2 is 2.36 bits per heavy atom. The van der Waals surface area contributed by atoms with Gasteiger partial charge in [-0.05, 0) is 12.8 Å². The first-order valence-corrected chi connectivity index (χ1v) is 5.18. The van der Waals surface area contributed by atoms with Crippen LogP contribution in [0.2, 0.25) is 0 Å². The zero-order valence-electron chi connectivity index (χ0n) is 8.79. The molecule has 1 fully saturated rings. The zero-order valence-corrected chi connectivity index (χ0v) is 8.79.